The number of hydrogen-bond donors (Lipinski definition) is 0. The SMILES string of the molecule is CCOC1C=Cc2ccccc2C1=CC(=O)CC(=O)OC. The van der Waals surface area contributed by atoms with Gasteiger partial charge < -0.3 is 9.47 Å². The van der Waals surface area contributed by atoms with Crippen molar-refractivity contribution < 1.29 is 19.1 Å². The van der Waals surface area contributed by atoms with Crippen LogP contribution in [0.3, 0.4) is 0 Å². The normalized spacial score (nSPS) is 18.4. The summed E-state index contributed by atoms with van der Waals surface area (Å²) in [5.41, 5.74) is 2.77. The molecule has 1 unspecified atom stereocenters. The van der Waals surface area contributed by atoms with Gasteiger partial charge in [0.05, 0.1) is 7.11 Å². The van der Waals surface area contributed by atoms with Crippen LogP contribution in [0, 0.1) is 0 Å². The van der Waals surface area contributed by atoms with Gasteiger partial charge in [0.1, 0.15) is 12.5 Å². The van der Waals surface area contributed by atoms with Crippen molar-refractivity contribution in [2.75, 3.05) is 13.7 Å². The van der Waals surface area contributed by atoms with Crippen LogP contribution in [-0.4, -0.2) is 31.6 Å². The highest BCUT2D eigenvalue weighted by molar-refractivity contribution is 6.06. The Morgan fingerprint density at radius 2 is 2.05 bits per heavy atom. The average molecular weight is 286 g/mol. The van der Waals surface area contributed by atoms with Crippen molar-refractivity contribution in [1.82, 2.24) is 0 Å². The Morgan fingerprint density at radius 1 is 1.29 bits per heavy atom. The summed E-state index contributed by atoms with van der Waals surface area (Å²) in [6, 6.07) is 7.78. The topological polar surface area (TPSA) is 52.6 Å². The zero-order valence-corrected chi connectivity index (χ0v) is 12.2. The van der Waals surface area contributed by atoms with E-state index in [4.69, 9.17) is 4.74 Å². The Morgan fingerprint density at radius 3 is 2.76 bits per heavy atom. The zero-order chi connectivity index (χ0) is 15.2. The van der Waals surface area contributed by atoms with Crippen LogP contribution in [0.15, 0.2) is 36.4 Å². The molecule has 0 N–H and O–H groups in total. The number of benzene rings is 1. The number of rotatable bonds is 5. The lowest BCUT2D eigenvalue weighted by Gasteiger charge is -2.23. The lowest BCUT2D eigenvalue weighted by atomic mass is 9.89. The standard InChI is InChI=1S/C17H18O4/c1-3-21-16-9-8-12-6-4-5-7-14(12)15(16)10-13(18)11-17(19)20-2/h4-10,16H,3,11H2,1-2H3. The fourth-order valence-electron chi connectivity index (χ4n) is 2.28. The van der Waals surface area contributed by atoms with Gasteiger partial charge in [-0.15, -0.1) is 0 Å². The minimum Gasteiger partial charge on any atom is -0.469 e. The monoisotopic (exact) mass is 286 g/mol. The van der Waals surface area contributed by atoms with Gasteiger partial charge in [-0.2, -0.15) is 0 Å². The minimum absolute atomic E-state index is 0.259. The van der Waals surface area contributed by atoms with Gasteiger partial charge in [0.2, 0.25) is 0 Å². The summed E-state index contributed by atoms with van der Waals surface area (Å²) in [4.78, 5) is 23.2. The number of carbonyl (C=O) groups excluding carboxylic acids is 2. The molecule has 1 atom stereocenters. The van der Waals surface area contributed by atoms with Crippen LogP contribution in [0.5, 0.6) is 0 Å². The molecule has 0 aromatic heterocycles. The summed E-state index contributed by atoms with van der Waals surface area (Å²) in [7, 11) is 1.27. The Hall–Kier alpha value is -2.20. The van der Waals surface area contributed by atoms with Gasteiger partial charge in [-0.05, 0) is 29.7 Å². The largest absolute Gasteiger partial charge is 0.469 e. The molecule has 4 heteroatoms. The van der Waals surface area contributed by atoms with E-state index in [2.05, 4.69) is 4.74 Å². The lowest BCUT2D eigenvalue weighted by molar-refractivity contribution is -0.142. The fourth-order valence-corrected chi connectivity index (χ4v) is 2.28. The average Bonchev–Trinajstić information content (AvgIpc) is 2.49. The quantitative estimate of drug-likeness (QED) is 0.474. The first kappa shape index (κ1) is 15.2. The molecule has 0 heterocycles. The van der Waals surface area contributed by atoms with Crippen LogP contribution in [0.4, 0.5) is 0 Å². The fraction of sp³-hybridized carbons (Fsp3) is 0.294. The first-order valence-corrected chi connectivity index (χ1v) is 6.86. The molecule has 0 spiro atoms. The molecule has 1 aliphatic carbocycles. The first-order chi connectivity index (χ1) is 10.2. The molecule has 110 valence electrons. The Bertz CT molecular complexity index is 599. The van der Waals surface area contributed by atoms with Crippen LogP contribution < -0.4 is 0 Å². The van der Waals surface area contributed by atoms with Gasteiger partial charge in [0, 0.05) is 6.61 Å². The van der Waals surface area contributed by atoms with Gasteiger partial charge in [-0.3, -0.25) is 9.59 Å². The van der Waals surface area contributed by atoms with Crippen molar-refractivity contribution in [3.8, 4) is 0 Å². The highest BCUT2D eigenvalue weighted by Crippen LogP contribution is 2.30. The third-order valence-corrected chi connectivity index (χ3v) is 3.24. The van der Waals surface area contributed by atoms with E-state index in [9.17, 15) is 9.59 Å². The van der Waals surface area contributed by atoms with Crippen LogP contribution in [-0.2, 0) is 19.1 Å². The van der Waals surface area contributed by atoms with E-state index >= 15 is 0 Å². The van der Waals surface area contributed by atoms with Gasteiger partial charge in [0.25, 0.3) is 0 Å². The summed E-state index contributed by atoms with van der Waals surface area (Å²) >= 11 is 0. The second-order valence-electron chi connectivity index (χ2n) is 4.64. The number of esters is 1. The molecule has 4 nitrogen and oxygen atoms in total. The van der Waals surface area contributed by atoms with Crippen molar-refractivity contribution in [3.63, 3.8) is 0 Å². The van der Waals surface area contributed by atoms with Gasteiger partial charge in [-0.25, -0.2) is 0 Å². The van der Waals surface area contributed by atoms with E-state index in [1.807, 2.05) is 43.3 Å². The predicted molar refractivity (Wildman–Crippen MR) is 80.5 cm³/mol. The molecule has 0 saturated carbocycles. The van der Waals surface area contributed by atoms with E-state index in [0.717, 1.165) is 16.7 Å². The van der Waals surface area contributed by atoms with Crippen molar-refractivity contribution in [2.24, 2.45) is 0 Å². The number of ketones is 1. The molecule has 0 amide bonds. The van der Waals surface area contributed by atoms with Gasteiger partial charge >= 0.3 is 5.97 Å². The Balaban J connectivity index is 2.33. The third-order valence-electron chi connectivity index (χ3n) is 3.24. The van der Waals surface area contributed by atoms with Gasteiger partial charge in [0.15, 0.2) is 5.78 Å². The molecule has 0 fully saturated rings. The number of hydrogen-bond acceptors (Lipinski definition) is 4. The second-order valence-corrected chi connectivity index (χ2v) is 4.64. The van der Waals surface area contributed by atoms with Crippen molar-refractivity contribution in [2.45, 2.75) is 19.4 Å². The molecular weight excluding hydrogens is 268 g/mol. The van der Waals surface area contributed by atoms with Crippen molar-refractivity contribution in [1.29, 1.82) is 0 Å². The highest BCUT2D eigenvalue weighted by atomic mass is 16.5. The summed E-state index contributed by atoms with van der Waals surface area (Å²) in [5, 5.41) is 0. The van der Waals surface area contributed by atoms with E-state index in [-0.39, 0.29) is 18.3 Å². The predicted octanol–water partition coefficient (Wildman–Crippen LogP) is 2.63. The van der Waals surface area contributed by atoms with Crippen molar-refractivity contribution >= 4 is 23.4 Å². The molecule has 2 rings (SSSR count). The third kappa shape index (κ3) is 3.67. The zero-order valence-electron chi connectivity index (χ0n) is 12.2. The molecule has 1 aromatic rings. The van der Waals surface area contributed by atoms with E-state index < -0.39 is 5.97 Å². The molecule has 21 heavy (non-hydrogen) atoms. The molecule has 1 aliphatic rings. The number of allylic oxidation sites excluding steroid dienone is 1. The Labute approximate surface area is 124 Å². The minimum atomic E-state index is -0.538. The summed E-state index contributed by atoms with van der Waals surface area (Å²) in [6.45, 7) is 2.45. The molecule has 0 saturated heterocycles. The highest BCUT2D eigenvalue weighted by Gasteiger charge is 2.21. The number of ether oxygens (including phenoxy) is 2. The maximum Gasteiger partial charge on any atom is 0.313 e. The number of fused-ring (bicyclic) bond motifs is 1. The van der Waals surface area contributed by atoms with E-state index in [0.29, 0.717) is 6.61 Å². The molecule has 0 radical (unpaired) electrons. The molecular formula is C17H18O4. The lowest BCUT2D eigenvalue weighted by Crippen LogP contribution is -2.17. The molecule has 0 aliphatic heterocycles. The second kappa shape index (κ2) is 6.99. The number of carbonyl (C=O) groups is 2. The van der Waals surface area contributed by atoms with Crippen LogP contribution in [0.25, 0.3) is 11.6 Å². The molecule has 1 aromatic carbocycles. The van der Waals surface area contributed by atoms with Crippen LogP contribution >= 0.6 is 0 Å². The van der Waals surface area contributed by atoms with Crippen LogP contribution in [0.1, 0.15) is 24.5 Å². The smallest absolute Gasteiger partial charge is 0.313 e. The van der Waals surface area contributed by atoms with E-state index in [1.165, 1.54) is 13.2 Å². The Kier molecular flexibility index (Phi) is 5.06. The van der Waals surface area contributed by atoms with Crippen LogP contribution in [0.2, 0.25) is 0 Å². The number of methoxy groups -OCH3 is 1. The summed E-state index contributed by atoms with van der Waals surface area (Å²) in [5.74, 6) is -0.823. The van der Waals surface area contributed by atoms with Gasteiger partial charge in [-0.1, -0.05) is 36.4 Å². The van der Waals surface area contributed by atoms with Crippen molar-refractivity contribution in [3.05, 3.63) is 47.5 Å². The molecule has 0 bridgehead atoms. The maximum absolute atomic E-state index is 12.0. The van der Waals surface area contributed by atoms with E-state index in [1.54, 1.807) is 0 Å². The first-order valence-electron chi connectivity index (χ1n) is 6.86. The maximum atomic E-state index is 12.0. The summed E-state index contributed by atoms with van der Waals surface area (Å²) < 4.78 is 10.2. The summed E-state index contributed by atoms with van der Waals surface area (Å²) in [6.07, 6.45) is 4.86.